The zero-order chi connectivity index (χ0) is 17.6. The lowest BCUT2D eigenvalue weighted by Gasteiger charge is -2.19. The van der Waals surface area contributed by atoms with E-state index >= 15 is 0 Å². The summed E-state index contributed by atoms with van der Waals surface area (Å²) in [6.45, 7) is 7.00. The Morgan fingerprint density at radius 3 is 2.26 bits per heavy atom. The van der Waals surface area contributed by atoms with Gasteiger partial charge in [-0.15, -0.1) is 13.2 Å². The molecule has 0 aromatic heterocycles. The number of nitrogens with one attached hydrogen (secondary N) is 1. The summed E-state index contributed by atoms with van der Waals surface area (Å²) in [5.74, 6) is -2.19. The number of hydrogen-bond acceptors (Lipinski definition) is 2. The van der Waals surface area contributed by atoms with Gasteiger partial charge in [-0.25, -0.2) is 0 Å². The van der Waals surface area contributed by atoms with Crippen LogP contribution < -0.4 is 5.32 Å². The molecule has 0 unspecified atom stereocenters. The molecule has 0 atom stereocenters. The minimum Gasteiger partial charge on any atom is -0.327 e. The van der Waals surface area contributed by atoms with E-state index in [1.807, 2.05) is 5.32 Å². The van der Waals surface area contributed by atoms with Gasteiger partial charge in [0.1, 0.15) is 0 Å². The third-order valence-corrected chi connectivity index (χ3v) is 2.95. The van der Waals surface area contributed by atoms with Crippen LogP contribution in [0.25, 0.3) is 0 Å². The average molecular weight is 347 g/mol. The van der Waals surface area contributed by atoms with Crippen molar-refractivity contribution in [2.24, 2.45) is 0 Å². The van der Waals surface area contributed by atoms with Gasteiger partial charge in [0, 0.05) is 18.1 Å². The van der Waals surface area contributed by atoms with Crippen molar-refractivity contribution in [2.75, 3.05) is 18.4 Å². The zero-order valence-corrected chi connectivity index (χ0v) is 12.7. The molecule has 0 bridgehead atoms. The lowest BCUT2D eigenvalue weighted by Crippen LogP contribution is -2.40. The molecular weight excluding hydrogens is 333 g/mol. The van der Waals surface area contributed by atoms with E-state index < -0.39 is 29.2 Å². The molecule has 4 nitrogen and oxygen atoms in total. The molecule has 0 saturated heterocycles. The van der Waals surface area contributed by atoms with E-state index in [1.54, 1.807) is 0 Å². The fraction of sp³-hybridized carbons (Fsp3) is 0.200. The van der Waals surface area contributed by atoms with E-state index in [4.69, 9.17) is 11.6 Å². The first-order valence-electron chi connectivity index (χ1n) is 6.39. The maximum atomic E-state index is 12.9. The number of anilines is 1. The maximum absolute atomic E-state index is 12.9. The van der Waals surface area contributed by atoms with Gasteiger partial charge in [-0.3, -0.25) is 9.59 Å². The molecule has 0 spiro atoms. The average Bonchev–Trinajstić information content (AvgIpc) is 2.47. The standard InChI is InChI=1S/C15H14ClF3N2O2/c1-3-7-21(8-4-2)14(23)13(22)20-12-6-5-10(16)9-11(12)15(17,18)19/h3-6,9H,1-2,7-8H2,(H,20,22). The largest absolute Gasteiger partial charge is 0.418 e. The summed E-state index contributed by atoms with van der Waals surface area (Å²) in [6.07, 6.45) is -1.95. The second kappa shape index (κ2) is 7.82. The number of carbonyl (C=O) groups excluding carboxylic acids is 2. The van der Waals surface area contributed by atoms with E-state index in [1.165, 1.54) is 18.2 Å². The van der Waals surface area contributed by atoms with Gasteiger partial charge in [-0.05, 0) is 18.2 Å². The third kappa shape index (κ3) is 5.14. The van der Waals surface area contributed by atoms with E-state index in [2.05, 4.69) is 13.2 Å². The van der Waals surface area contributed by atoms with Gasteiger partial charge in [0.05, 0.1) is 11.3 Å². The summed E-state index contributed by atoms with van der Waals surface area (Å²) < 4.78 is 38.8. The predicted octanol–water partition coefficient (Wildman–Crippen LogP) is 3.50. The molecule has 1 N–H and O–H groups in total. The molecule has 8 heteroatoms. The number of hydrogen-bond donors (Lipinski definition) is 1. The van der Waals surface area contributed by atoms with Gasteiger partial charge in [-0.1, -0.05) is 23.8 Å². The Labute approximate surface area is 136 Å². The summed E-state index contributed by atoms with van der Waals surface area (Å²) in [7, 11) is 0. The molecule has 0 saturated carbocycles. The Morgan fingerprint density at radius 2 is 1.78 bits per heavy atom. The molecule has 0 aliphatic rings. The van der Waals surface area contributed by atoms with Crippen LogP contribution in [-0.2, 0) is 15.8 Å². The Bertz CT molecular complexity index is 620. The molecule has 0 heterocycles. The summed E-state index contributed by atoms with van der Waals surface area (Å²) in [4.78, 5) is 24.9. The lowest BCUT2D eigenvalue weighted by molar-refractivity contribution is -0.142. The molecule has 0 fully saturated rings. The van der Waals surface area contributed by atoms with Gasteiger partial charge in [-0.2, -0.15) is 13.2 Å². The smallest absolute Gasteiger partial charge is 0.327 e. The van der Waals surface area contributed by atoms with Crippen LogP contribution in [-0.4, -0.2) is 29.8 Å². The van der Waals surface area contributed by atoms with Gasteiger partial charge < -0.3 is 10.2 Å². The number of rotatable bonds is 5. The SMILES string of the molecule is C=CCN(CC=C)C(=O)C(=O)Nc1ccc(Cl)cc1C(F)(F)F. The van der Waals surface area contributed by atoms with Crippen LogP contribution in [0.3, 0.4) is 0 Å². The first-order chi connectivity index (χ1) is 10.7. The van der Waals surface area contributed by atoms with Crippen LogP contribution in [0.4, 0.5) is 18.9 Å². The zero-order valence-electron chi connectivity index (χ0n) is 12.0. The quantitative estimate of drug-likeness (QED) is 0.655. The topological polar surface area (TPSA) is 49.4 Å². The Kier molecular flexibility index (Phi) is 6.38. The number of halogens is 4. The van der Waals surface area contributed by atoms with E-state index in [9.17, 15) is 22.8 Å². The Hall–Kier alpha value is -2.28. The lowest BCUT2D eigenvalue weighted by atomic mass is 10.1. The predicted molar refractivity (Wildman–Crippen MR) is 82.1 cm³/mol. The molecule has 23 heavy (non-hydrogen) atoms. The highest BCUT2D eigenvalue weighted by atomic mass is 35.5. The molecule has 0 aliphatic carbocycles. The van der Waals surface area contributed by atoms with Crippen LogP contribution in [0.2, 0.25) is 5.02 Å². The van der Waals surface area contributed by atoms with Crippen molar-refractivity contribution in [3.05, 3.63) is 54.1 Å². The summed E-state index contributed by atoms with van der Waals surface area (Å²) in [5, 5.41) is 1.83. The summed E-state index contributed by atoms with van der Waals surface area (Å²) >= 11 is 5.54. The van der Waals surface area contributed by atoms with E-state index in [0.717, 1.165) is 11.0 Å². The van der Waals surface area contributed by atoms with Crippen molar-refractivity contribution in [1.29, 1.82) is 0 Å². The second-order valence-corrected chi connectivity index (χ2v) is 4.87. The molecular formula is C15H14ClF3N2O2. The number of nitrogens with zero attached hydrogens (tertiary/aromatic N) is 1. The summed E-state index contributed by atoms with van der Waals surface area (Å²) in [6, 6.07) is 2.84. The number of amides is 2. The monoisotopic (exact) mass is 346 g/mol. The van der Waals surface area contributed by atoms with Crippen LogP contribution in [0.5, 0.6) is 0 Å². The fourth-order valence-corrected chi connectivity index (χ4v) is 1.90. The Balaban J connectivity index is 3.03. The van der Waals surface area contributed by atoms with Crippen LogP contribution >= 0.6 is 11.6 Å². The summed E-state index contributed by atoms with van der Waals surface area (Å²) in [5.41, 5.74) is -1.68. The highest BCUT2D eigenvalue weighted by Gasteiger charge is 2.35. The molecule has 1 aromatic carbocycles. The van der Waals surface area contributed by atoms with Gasteiger partial charge >= 0.3 is 18.0 Å². The van der Waals surface area contributed by atoms with Crippen molar-refractivity contribution >= 4 is 29.1 Å². The molecule has 0 radical (unpaired) electrons. The first kappa shape index (κ1) is 18.8. The van der Waals surface area contributed by atoms with Gasteiger partial charge in [0.25, 0.3) is 0 Å². The Morgan fingerprint density at radius 1 is 1.22 bits per heavy atom. The van der Waals surface area contributed by atoms with Crippen LogP contribution in [0.15, 0.2) is 43.5 Å². The molecule has 0 aliphatic heterocycles. The normalized spacial score (nSPS) is 10.8. The highest BCUT2D eigenvalue weighted by molar-refractivity contribution is 6.39. The molecule has 2 amide bonds. The number of benzene rings is 1. The van der Waals surface area contributed by atoms with Crippen molar-refractivity contribution in [3.8, 4) is 0 Å². The maximum Gasteiger partial charge on any atom is 0.418 e. The van der Waals surface area contributed by atoms with Crippen LogP contribution in [0, 0.1) is 0 Å². The fourth-order valence-electron chi connectivity index (χ4n) is 1.73. The molecule has 124 valence electrons. The number of alkyl halides is 3. The van der Waals surface area contributed by atoms with Gasteiger partial charge in [0.2, 0.25) is 0 Å². The van der Waals surface area contributed by atoms with Crippen LogP contribution in [0.1, 0.15) is 5.56 Å². The van der Waals surface area contributed by atoms with Gasteiger partial charge in [0.15, 0.2) is 0 Å². The molecule has 1 aromatic rings. The van der Waals surface area contributed by atoms with E-state index in [-0.39, 0.29) is 18.1 Å². The minimum absolute atomic E-state index is 0.0605. The molecule has 1 rings (SSSR count). The highest BCUT2D eigenvalue weighted by Crippen LogP contribution is 2.36. The van der Waals surface area contributed by atoms with E-state index in [0.29, 0.717) is 6.07 Å². The minimum atomic E-state index is -4.72. The van der Waals surface area contributed by atoms with Crippen molar-refractivity contribution in [1.82, 2.24) is 4.90 Å². The van der Waals surface area contributed by atoms with Crippen molar-refractivity contribution in [3.63, 3.8) is 0 Å². The van der Waals surface area contributed by atoms with Crippen molar-refractivity contribution < 1.29 is 22.8 Å². The van der Waals surface area contributed by atoms with Crippen molar-refractivity contribution in [2.45, 2.75) is 6.18 Å². The second-order valence-electron chi connectivity index (χ2n) is 4.43. The number of carbonyl (C=O) groups is 2. The third-order valence-electron chi connectivity index (χ3n) is 2.72. The first-order valence-corrected chi connectivity index (χ1v) is 6.77.